The standard InChI is InChI=1S/C22H36N2O/c1-17-14-20(25)22(24-21(23)15-17,16-19-10-6-3-7-11-19)13-12-18-8-4-2-5-9-18/h15,18-19H,2-14,16H2,1H3,(H2,23,24)/t22-/m1/s1. The van der Waals surface area contributed by atoms with Crippen LogP contribution in [0.2, 0.25) is 0 Å². The molecule has 3 rings (SSSR count). The lowest BCUT2D eigenvalue weighted by atomic mass is 9.73. The van der Waals surface area contributed by atoms with Crippen LogP contribution in [0, 0.1) is 11.8 Å². The van der Waals surface area contributed by atoms with Crippen molar-refractivity contribution in [1.82, 2.24) is 0 Å². The maximum absolute atomic E-state index is 13.2. The second-order valence-electron chi connectivity index (χ2n) is 8.91. The Kier molecular flexibility index (Phi) is 6.35. The van der Waals surface area contributed by atoms with Crippen LogP contribution in [-0.4, -0.2) is 17.2 Å². The zero-order valence-corrected chi connectivity index (χ0v) is 16.1. The molecule has 0 saturated heterocycles. The van der Waals surface area contributed by atoms with Crippen LogP contribution in [0.15, 0.2) is 16.6 Å². The second kappa shape index (κ2) is 8.51. The van der Waals surface area contributed by atoms with Crippen molar-refractivity contribution in [1.29, 1.82) is 0 Å². The molecule has 1 atom stereocenters. The van der Waals surface area contributed by atoms with Crippen LogP contribution in [-0.2, 0) is 4.79 Å². The highest BCUT2D eigenvalue weighted by molar-refractivity contribution is 6.00. The van der Waals surface area contributed by atoms with Crippen molar-refractivity contribution in [3.05, 3.63) is 11.6 Å². The first-order valence-electron chi connectivity index (χ1n) is 10.6. The molecule has 25 heavy (non-hydrogen) atoms. The van der Waals surface area contributed by atoms with Gasteiger partial charge in [-0.3, -0.25) is 9.79 Å². The Labute approximate surface area is 153 Å². The number of nitrogens with zero attached hydrogens (tertiary/aromatic N) is 1. The minimum atomic E-state index is -0.544. The summed E-state index contributed by atoms with van der Waals surface area (Å²) in [4.78, 5) is 18.1. The molecule has 0 bridgehead atoms. The molecule has 2 fully saturated rings. The maximum Gasteiger partial charge on any atom is 0.164 e. The van der Waals surface area contributed by atoms with Crippen LogP contribution in [0.25, 0.3) is 0 Å². The summed E-state index contributed by atoms with van der Waals surface area (Å²) in [6, 6.07) is 0. The quantitative estimate of drug-likeness (QED) is 0.732. The number of carbonyl (C=O) groups is 1. The average molecular weight is 345 g/mol. The molecule has 3 aliphatic rings. The lowest BCUT2D eigenvalue weighted by Gasteiger charge is -2.35. The Morgan fingerprint density at radius 2 is 1.64 bits per heavy atom. The van der Waals surface area contributed by atoms with Crippen LogP contribution in [0.4, 0.5) is 0 Å². The summed E-state index contributed by atoms with van der Waals surface area (Å²) in [7, 11) is 0. The average Bonchev–Trinajstić information content (AvgIpc) is 2.70. The SMILES string of the molecule is CC1=CC(N)=N[C@](CCC2CCCCC2)(CC2CCCCC2)C(=O)C1. The number of Topliss-reactive ketones (excluding diaryl/α,β-unsaturated/α-hetero) is 1. The van der Waals surface area contributed by atoms with Crippen molar-refractivity contribution >= 4 is 11.6 Å². The van der Waals surface area contributed by atoms with Gasteiger partial charge < -0.3 is 5.73 Å². The molecule has 2 saturated carbocycles. The summed E-state index contributed by atoms with van der Waals surface area (Å²) in [6.45, 7) is 2.01. The largest absolute Gasteiger partial charge is 0.384 e. The van der Waals surface area contributed by atoms with E-state index >= 15 is 0 Å². The molecule has 0 aromatic heterocycles. The van der Waals surface area contributed by atoms with Gasteiger partial charge in [0, 0.05) is 6.42 Å². The molecule has 0 unspecified atom stereocenters. The van der Waals surface area contributed by atoms with Gasteiger partial charge in [0.1, 0.15) is 11.4 Å². The first-order chi connectivity index (χ1) is 12.1. The molecule has 2 N–H and O–H groups in total. The zero-order valence-electron chi connectivity index (χ0n) is 16.1. The first kappa shape index (κ1) is 18.7. The summed E-state index contributed by atoms with van der Waals surface area (Å²) < 4.78 is 0. The van der Waals surface area contributed by atoms with Gasteiger partial charge in [0.15, 0.2) is 5.78 Å². The predicted molar refractivity (Wildman–Crippen MR) is 105 cm³/mol. The molecule has 1 aliphatic heterocycles. The van der Waals surface area contributed by atoms with Crippen molar-refractivity contribution in [3.63, 3.8) is 0 Å². The summed E-state index contributed by atoms with van der Waals surface area (Å²) in [5.41, 5.74) is 6.72. The molecule has 140 valence electrons. The molecular formula is C22H36N2O. The second-order valence-corrected chi connectivity index (χ2v) is 8.91. The van der Waals surface area contributed by atoms with E-state index in [-0.39, 0.29) is 0 Å². The number of amidine groups is 1. The Morgan fingerprint density at radius 1 is 1.04 bits per heavy atom. The number of ketones is 1. The lowest BCUT2D eigenvalue weighted by Crippen LogP contribution is -2.40. The minimum Gasteiger partial charge on any atom is -0.384 e. The van der Waals surface area contributed by atoms with E-state index in [0.29, 0.717) is 24.0 Å². The summed E-state index contributed by atoms with van der Waals surface area (Å²) in [6.07, 6.45) is 18.7. The van der Waals surface area contributed by atoms with E-state index in [0.717, 1.165) is 30.8 Å². The Balaban J connectivity index is 1.76. The van der Waals surface area contributed by atoms with Gasteiger partial charge in [-0.05, 0) is 44.1 Å². The first-order valence-corrected chi connectivity index (χ1v) is 10.6. The highest BCUT2D eigenvalue weighted by Gasteiger charge is 2.41. The van der Waals surface area contributed by atoms with Crippen LogP contribution in [0.1, 0.15) is 96.8 Å². The van der Waals surface area contributed by atoms with Crippen LogP contribution in [0.3, 0.4) is 0 Å². The Hall–Kier alpha value is -1.12. The molecule has 0 amide bonds. The fourth-order valence-electron chi connectivity index (χ4n) is 5.31. The molecular weight excluding hydrogens is 308 g/mol. The topological polar surface area (TPSA) is 55.4 Å². The van der Waals surface area contributed by atoms with Gasteiger partial charge >= 0.3 is 0 Å². The molecule has 2 aliphatic carbocycles. The number of aliphatic imine (C=N–C) groups is 1. The maximum atomic E-state index is 13.2. The number of rotatable bonds is 5. The molecule has 0 spiro atoms. The number of hydrogen-bond acceptors (Lipinski definition) is 3. The summed E-state index contributed by atoms with van der Waals surface area (Å²) >= 11 is 0. The van der Waals surface area contributed by atoms with E-state index in [4.69, 9.17) is 10.7 Å². The highest BCUT2D eigenvalue weighted by Crippen LogP contribution is 2.39. The van der Waals surface area contributed by atoms with E-state index in [9.17, 15) is 4.79 Å². The normalized spacial score (nSPS) is 29.9. The van der Waals surface area contributed by atoms with Crippen LogP contribution >= 0.6 is 0 Å². The molecule has 0 aromatic rings. The molecule has 1 heterocycles. The van der Waals surface area contributed by atoms with Gasteiger partial charge in [0.05, 0.1) is 0 Å². The van der Waals surface area contributed by atoms with Crippen LogP contribution in [0.5, 0.6) is 0 Å². The van der Waals surface area contributed by atoms with Crippen LogP contribution < -0.4 is 5.73 Å². The van der Waals surface area contributed by atoms with Crippen molar-refractivity contribution in [2.24, 2.45) is 22.6 Å². The van der Waals surface area contributed by atoms with Gasteiger partial charge in [-0.1, -0.05) is 69.8 Å². The van der Waals surface area contributed by atoms with Crippen molar-refractivity contribution in [2.75, 3.05) is 0 Å². The number of hydrogen-bond donors (Lipinski definition) is 1. The van der Waals surface area contributed by atoms with Gasteiger partial charge in [-0.15, -0.1) is 0 Å². The Bertz CT molecular complexity index is 524. The van der Waals surface area contributed by atoms with E-state index in [2.05, 4.69) is 0 Å². The van der Waals surface area contributed by atoms with Gasteiger partial charge in [-0.2, -0.15) is 0 Å². The minimum absolute atomic E-state index is 0.322. The van der Waals surface area contributed by atoms with Crippen molar-refractivity contribution in [3.8, 4) is 0 Å². The fourth-order valence-corrected chi connectivity index (χ4v) is 5.31. The predicted octanol–water partition coefficient (Wildman–Crippen LogP) is 5.33. The van der Waals surface area contributed by atoms with E-state index < -0.39 is 5.54 Å². The molecule has 0 radical (unpaired) electrons. The smallest absolute Gasteiger partial charge is 0.164 e. The third-order valence-corrected chi connectivity index (χ3v) is 6.74. The third-order valence-electron chi connectivity index (χ3n) is 6.74. The monoisotopic (exact) mass is 344 g/mol. The highest BCUT2D eigenvalue weighted by atomic mass is 16.1. The molecule has 3 heteroatoms. The number of nitrogens with two attached hydrogens (primary N) is 1. The number of carbonyl (C=O) groups excluding carboxylic acids is 1. The van der Waals surface area contributed by atoms with Crippen molar-refractivity contribution in [2.45, 2.75) is 102 Å². The molecule has 3 nitrogen and oxygen atoms in total. The van der Waals surface area contributed by atoms with Crippen molar-refractivity contribution < 1.29 is 4.79 Å². The van der Waals surface area contributed by atoms with E-state index in [1.807, 2.05) is 13.0 Å². The summed E-state index contributed by atoms with van der Waals surface area (Å²) in [5, 5.41) is 0. The zero-order chi connectivity index (χ0) is 17.7. The van der Waals surface area contributed by atoms with Gasteiger partial charge in [0.25, 0.3) is 0 Å². The van der Waals surface area contributed by atoms with E-state index in [1.165, 1.54) is 64.2 Å². The van der Waals surface area contributed by atoms with Gasteiger partial charge in [0.2, 0.25) is 0 Å². The number of allylic oxidation sites excluding steroid dienone is 1. The lowest BCUT2D eigenvalue weighted by molar-refractivity contribution is -0.124. The van der Waals surface area contributed by atoms with Gasteiger partial charge in [-0.25, -0.2) is 0 Å². The third kappa shape index (κ3) is 4.95. The van der Waals surface area contributed by atoms with E-state index in [1.54, 1.807) is 0 Å². The Morgan fingerprint density at radius 3 is 2.28 bits per heavy atom. The fraction of sp³-hybridized carbons (Fsp3) is 0.818. The summed E-state index contributed by atoms with van der Waals surface area (Å²) in [5.74, 6) is 2.34. The molecule has 0 aromatic carbocycles.